The summed E-state index contributed by atoms with van der Waals surface area (Å²) < 4.78 is 10.7. The van der Waals surface area contributed by atoms with E-state index < -0.39 is 0 Å². The van der Waals surface area contributed by atoms with Gasteiger partial charge in [-0.15, -0.1) is 0 Å². The van der Waals surface area contributed by atoms with Gasteiger partial charge in [-0.25, -0.2) is 0 Å². The highest BCUT2D eigenvalue weighted by Gasteiger charge is 2.10. The predicted octanol–water partition coefficient (Wildman–Crippen LogP) is 4.14. The average Bonchev–Trinajstić information content (AvgIpc) is 3.06. The highest BCUT2D eigenvalue weighted by molar-refractivity contribution is 5.71. The summed E-state index contributed by atoms with van der Waals surface area (Å²) in [6.45, 7) is 5.16. The summed E-state index contributed by atoms with van der Waals surface area (Å²) >= 11 is 0. The van der Waals surface area contributed by atoms with Gasteiger partial charge in [-0.3, -0.25) is 9.89 Å². The Morgan fingerprint density at radius 1 is 1.17 bits per heavy atom. The van der Waals surface area contributed by atoms with Crippen molar-refractivity contribution in [2.75, 3.05) is 13.2 Å². The van der Waals surface area contributed by atoms with E-state index in [0.717, 1.165) is 35.6 Å². The largest absolute Gasteiger partial charge is 0.494 e. The van der Waals surface area contributed by atoms with Crippen LogP contribution >= 0.6 is 0 Å². The minimum atomic E-state index is -0.180. The first-order chi connectivity index (χ1) is 11.7. The van der Waals surface area contributed by atoms with E-state index in [4.69, 9.17) is 9.47 Å². The summed E-state index contributed by atoms with van der Waals surface area (Å²) in [7, 11) is 0. The molecule has 24 heavy (non-hydrogen) atoms. The van der Waals surface area contributed by atoms with Crippen LogP contribution in [0.1, 0.15) is 45.1 Å². The summed E-state index contributed by atoms with van der Waals surface area (Å²) in [6.07, 6.45) is 6.20. The Bertz CT molecular complexity index is 620. The third kappa shape index (κ3) is 5.41. The second kappa shape index (κ2) is 9.75. The van der Waals surface area contributed by atoms with E-state index in [1.165, 1.54) is 12.8 Å². The fraction of sp³-hybridized carbons (Fsp3) is 0.474. The van der Waals surface area contributed by atoms with Crippen molar-refractivity contribution in [3.63, 3.8) is 0 Å². The number of aromatic nitrogens is 2. The lowest BCUT2D eigenvalue weighted by molar-refractivity contribution is -0.143. The van der Waals surface area contributed by atoms with Gasteiger partial charge in [-0.05, 0) is 49.6 Å². The van der Waals surface area contributed by atoms with Crippen LogP contribution < -0.4 is 4.74 Å². The molecular weight excluding hydrogens is 304 g/mol. The zero-order chi connectivity index (χ0) is 17.2. The quantitative estimate of drug-likeness (QED) is 0.525. The third-order valence-corrected chi connectivity index (χ3v) is 3.78. The molecule has 1 N–H and O–H groups in total. The minimum absolute atomic E-state index is 0.180. The normalized spacial score (nSPS) is 10.6. The predicted molar refractivity (Wildman–Crippen MR) is 94.0 cm³/mol. The fourth-order valence-electron chi connectivity index (χ4n) is 2.48. The van der Waals surface area contributed by atoms with E-state index in [-0.39, 0.29) is 5.97 Å². The third-order valence-electron chi connectivity index (χ3n) is 3.78. The van der Waals surface area contributed by atoms with Gasteiger partial charge in [0.2, 0.25) is 0 Å². The molecule has 1 aromatic carbocycles. The van der Waals surface area contributed by atoms with Gasteiger partial charge in [0.1, 0.15) is 5.75 Å². The Morgan fingerprint density at radius 3 is 2.67 bits per heavy atom. The molecule has 0 spiro atoms. The van der Waals surface area contributed by atoms with Gasteiger partial charge in [0.15, 0.2) is 0 Å². The second-order valence-electron chi connectivity index (χ2n) is 5.66. The molecule has 0 saturated heterocycles. The lowest BCUT2D eigenvalue weighted by atomic mass is 10.0. The Morgan fingerprint density at radius 2 is 1.96 bits per heavy atom. The molecule has 0 aliphatic carbocycles. The SMILES string of the molecule is CCCCCOc1ccc(-c2[nH]ncc2CCC(=O)OCC)cc1. The van der Waals surface area contributed by atoms with Crippen LogP contribution in [-0.2, 0) is 16.0 Å². The van der Waals surface area contributed by atoms with Crippen LogP contribution in [0.3, 0.4) is 0 Å². The van der Waals surface area contributed by atoms with Gasteiger partial charge in [-0.1, -0.05) is 19.8 Å². The molecule has 0 atom stereocenters. The molecule has 0 bridgehead atoms. The van der Waals surface area contributed by atoms with Gasteiger partial charge in [0, 0.05) is 12.0 Å². The van der Waals surface area contributed by atoms with E-state index in [2.05, 4.69) is 17.1 Å². The average molecular weight is 330 g/mol. The van der Waals surface area contributed by atoms with Gasteiger partial charge in [-0.2, -0.15) is 5.10 Å². The molecule has 1 heterocycles. The molecule has 5 heteroatoms. The van der Waals surface area contributed by atoms with Crippen LogP contribution in [0, 0.1) is 0 Å². The highest BCUT2D eigenvalue weighted by Crippen LogP contribution is 2.24. The van der Waals surface area contributed by atoms with Crippen molar-refractivity contribution in [3.05, 3.63) is 36.0 Å². The first-order valence-corrected chi connectivity index (χ1v) is 8.65. The topological polar surface area (TPSA) is 64.2 Å². The van der Waals surface area contributed by atoms with Gasteiger partial charge < -0.3 is 9.47 Å². The second-order valence-corrected chi connectivity index (χ2v) is 5.66. The van der Waals surface area contributed by atoms with Crippen molar-refractivity contribution >= 4 is 5.97 Å². The molecular formula is C19H26N2O3. The highest BCUT2D eigenvalue weighted by atomic mass is 16.5. The number of rotatable bonds is 10. The Labute approximate surface area is 143 Å². The van der Waals surface area contributed by atoms with E-state index in [1.54, 1.807) is 6.20 Å². The van der Waals surface area contributed by atoms with Crippen LogP contribution in [-0.4, -0.2) is 29.4 Å². The smallest absolute Gasteiger partial charge is 0.306 e. The summed E-state index contributed by atoms with van der Waals surface area (Å²) in [6, 6.07) is 7.96. The summed E-state index contributed by atoms with van der Waals surface area (Å²) in [5.41, 5.74) is 2.99. The van der Waals surface area contributed by atoms with Crippen molar-refractivity contribution in [1.29, 1.82) is 0 Å². The monoisotopic (exact) mass is 330 g/mol. The first-order valence-electron chi connectivity index (χ1n) is 8.65. The van der Waals surface area contributed by atoms with Crippen molar-refractivity contribution in [3.8, 4) is 17.0 Å². The Hall–Kier alpha value is -2.30. The molecule has 0 fully saturated rings. The summed E-state index contributed by atoms with van der Waals surface area (Å²) in [5, 5.41) is 7.12. The number of benzene rings is 1. The van der Waals surface area contributed by atoms with Gasteiger partial charge in [0.05, 0.1) is 25.1 Å². The van der Waals surface area contributed by atoms with E-state index >= 15 is 0 Å². The molecule has 0 aliphatic heterocycles. The van der Waals surface area contributed by atoms with E-state index in [9.17, 15) is 4.79 Å². The van der Waals surface area contributed by atoms with E-state index in [0.29, 0.717) is 19.4 Å². The maximum atomic E-state index is 11.5. The molecule has 2 rings (SSSR count). The number of nitrogens with one attached hydrogen (secondary N) is 1. The molecule has 0 radical (unpaired) electrons. The van der Waals surface area contributed by atoms with Gasteiger partial charge >= 0.3 is 5.97 Å². The van der Waals surface area contributed by atoms with Crippen molar-refractivity contribution in [1.82, 2.24) is 10.2 Å². The standard InChI is InChI=1S/C19H26N2O3/c1-3-5-6-13-24-17-10-7-15(8-11-17)19-16(14-20-21-19)9-12-18(22)23-4-2/h7-8,10-11,14H,3-6,9,12-13H2,1-2H3,(H,20,21). The number of esters is 1. The number of ether oxygens (including phenoxy) is 2. The van der Waals surface area contributed by atoms with Crippen LogP contribution in [0.15, 0.2) is 30.5 Å². The maximum absolute atomic E-state index is 11.5. The number of aryl methyl sites for hydroxylation is 1. The molecule has 0 aliphatic rings. The number of H-pyrrole nitrogens is 1. The van der Waals surface area contributed by atoms with Crippen LogP contribution in [0.25, 0.3) is 11.3 Å². The number of carbonyl (C=O) groups excluding carboxylic acids is 1. The number of carbonyl (C=O) groups is 1. The Balaban J connectivity index is 1.94. The first kappa shape index (κ1) is 18.0. The van der Waals surface area contributed by atoms with Crippen molar-refractivity contribution in [2.45, 2.75) is 46.0 Å². The minimum Gasteiger partial charge on any atom is -0.494 e. The molecule has 0 unspecified atom stereocenters. The van der Waals surface area contributed by atoms with Gasteiger partial charge in [0.25, 0.3) is 0 Å². The summed E-state index contributed by atoms with van der Waals surface area (Å²) in [5.74, 6) is 0.697. The zero-order valence-electron chi connectivity index (χ0n) is 14.5. The van der Waals surface area contributed by atoms with Crippen molar-refractivity contribution < 1.29 is 14.3 Å². The molecule has 0 amide bonds. The van der Waals surface area contributed by atoms with E-state index in [1.807, 2.05) is 31.2 Å². The molecule has 1 aromatic heterocycles. The molecule has 0 saturated carbocycles. The van der Waals surface area contributed by atoms with Crippen molar-refractivity contribution in [2.24, 2.45) is 0 Å². The lowest BCUT2D eigenvalue weighted by Crippen LogP contribution is -2.05. The van der Waals surface area contributed by atoms with Crippen LogP contribution in [0.5, 0.6) is 5.75 Å². The van der Waals surface area contributed by atoms with Crippen LogP contribution in [0.4, 0.5) is 0 Å². The number of hydrogen-bond acceptors (Lipinski definition) is 4. The number of nitrogens with zero attached hydrogens (tertiary/aromatic N) is 1. The molecule has 130 valence electrons. The number of hydrogen-bond donors (Lipinski definition) is 1. The number of aromatic amines is 1. The van der Waals surface area contributed by atoms with Crippen LogP contribution in [0.2, 0.25) is 0 Å². The molecule has 2 aromatic rings. The maximum Gasteiger partial charge on any atom is 0.306 e. The lowest BCUT2D eigenvalue weighted by Gasteiger charge is -2.07. The Kier molecular flexibility index (Phi) is 7.33. The summed E-state index contributed by atoms with van der Waals surface area (Å²) in [4.78, 5) is 11.5. The zero-order valence-corrected chi connectivity index (χ0v) is 14.5. The number of unbranched alkanes of at least 4 members (excludes halogenated alkanes) is 2. The fourth-order valence-corrected chi connectivity index (χ4v) is 2.48. The molecule has 5 nitrogen and oxygen atoms in total.